The number of aromatic nitrogens is 2. The maximum absolute atomic E-state index is 12.6. The molecule has 0 aliphatic heterocycles. The lowest BCUT2D eigenvalue weighted by atomic mass is 10.0. The largest absolute Gasteiger partial charge is 0.347 e. The second kappa shape index (κ2) is 6.75. The van der Waals surface area contributed by atoms with Crippen LogP contribution in [-0.2, 0) is 11.3 Å². The lowest BCUT2D eigenvalue weighted by Gasteiger charge is -2.19. The summed E-state index contributed by atoms with van der Waals surface area (Å²) in [6.45, 7) is 1.79. The Labute approximate surface area is 151 Å². The van der Waals surface area contributed by atoms with E-state index in [0.29, 0.717) is 11.3 Å². The fourth-order valence-electron chi connectivity index (χ4n) is 3.43. The second-order valence-corrected chi connectivity index (χ2v) is 6.89. The number of nitrogens with one attached hydrogen (secondary N) is 1. The van der Waals surface area contributed by atoms with Gasteiger partial charge in [0.2, 0.25) is 5.91 Å². The molecule has 1 fully saturated rings. The Hall–Kier alpha value is -2.95. The molecule has 1 N–H and O–H groups in total. The lowest BCUT2D eigenvalue weighted by Crippen LogP contribution is -2.36. The summed E-state index contributed by atoms with van der Waals surface area (Å²) in [5, 5.41) is 8.84. The Balaban J connectivity index is 1.57. The number of carbonyl (C=O) groups is 1. The Morgan fingerprint density at radius 1 is 1.12 bits per heavy atom. The standard InChI is InChI=1S/C21H21N3O2/c1-14-17-9-5-6-10-18(17)21(26)24(23-14)13-19(25)22-20(16-11-12-16)15-7-3-2-4-8-15/h2-10,16,20H,11-13H2,1H3,(H,22,25)/t20-/m1/s1. The van der Waals surface area contributed by atoms with Gasteiger partial charge in [-0.15, -0.1) is 0 Å². The third-order valence-corrected chi connectivity index (χ3v) is 4.91. The topological polar surface area (TPSA) is 64.0 Å². The Morgan fingerprint density at radius 3 is 2.46 bits per heavy atom. The van der Waals surface area contributed by atoms with Gasteiger partial charge < -0.3 is 5.32 Å². The molecule has 0 spiro atoms. The molecule has 0 saturated heterocycles. The summed E-state index contributed by atoms with van der Waals surface area (Å²) < 4.78 is 1.27. The normalized spacial score (nSPS) is 15.0. The van der Waals surface area contributed by atoms with E-state index in [0.717, 1.165) is 29.5 Å². The Bertz CT molecular complexity index is 1010. The van der Waals surface area contributed by atoms with Crippen molar-refractivity contribution >= 4 is 16.7 Å². The average molecular weight is 347 g/mol. The smallest absolute Gasteiger partial charge is 0.275 e. The van der Waals surface area contributed by atoms with E-state index >= 15 is 0 Å². The molecule has 4 rings (SSSR count). The van der Waals surface area contributed by atoms with Gasteiger partial charge in [-0.05, 0) is 37.3 Å². The van der Waals surface area contributed by atoms with Crippen LogP contribution in [0.1, 0.15) is 30.1 Å². The number of carbonyl (C=O) groups excluding carboxylic acids is 1. The number of aryl methyl sites for hydroxylation is 1. The molecule has 26 heavy (non-hydrogen) atoms. The number of hydrogen-bond donors (Lipinski definition) is 1. The quantitative estimate of drug-likeness (QED) is 0.772. The zero-order valence-electron chi connectivity index (χ0n) is 14.7. The highest BCUT2D eigenvalue weighted by atomic mass is 16.2. The molecular formula is C21H21N3O2. The van der Waals surface area contributed by atoms with E-state index in [2.05, 4.69) is 10.4 Å². The number of amides is 1. The van der Waals surface area contributed by atoms with Gasteiger partial charge in [-0.2, -0.15) is 5.10 Å². The molecule has 1 heterocycles. The molecule has 2 aromatic carbocycles. The molecule has 1 aliphatic carbocycles. The third-order valence-electron chi connectivity index (χ3n) is 4.91. The van der Waals surface area contributed by atoms with Crippen LogP contribution in [0.4, 0.5) is 0 Å². The summed E-state index contributed by atoms with van der Waals surface area (Å²) in [6, 6.07) is 17.4. The third kappa shape index (κ3) is 3.25. The molecule has 5 heteroatoms. The first-order valence-electron chi connectivity index (χ1n) is 8.94. The van der Waals surface area contributed by atoms with Crippen LogP contribution in [0.5, 0.6) is 0 Å². The van der Waals surface area contributed by atoms with Gasteiger partial charge in [0.1, 0.15) is 6.54 Å². The Morgan fingerprint density at radius 2 is 1.77 bits per heavy atom. The van der Waals surface area contributed by atoms with Crippen LogP contribution >= 0.6 is 0 Å². The second-order valence-electron chi connectivity index (χ2n) is 6.89. The molecule has 1 aromatic heterocycles. The van der Waals surface area contributed by atoms with Crippen molar-refractivity contribution in [2.45, 2.75) is 32.4 Å². The molecule has 3 aromatic rings. The highest BCUT2D eigenvalue weighted by Gasteiger charge is 2.33. The van der Waals surface area contributed by atoms with E-state index in [1.54, 1.807) is 6.07 Å². The highest BCUT2D eigenvalue weighted by Crippen LogP contribution is 2.40. The van der Waals surface area contributed by atoms with Gasteiger partial charge in [-0.25, -0.2) is 4.68 Å². The average Bonchev–Trinajstić information content (AvgIpc) is 3.50. The van der Waals surface area contributed by atoms with Crippen LogP contribution in [0, 0.1) is 12.8 Å². The summed E-state index contributed by atoms with van der Waals surface area (Å²) in [7, 11) is 0. The minimum absolute atomic E-state index is 0.000885. The molecule has 1 saturated carbocycles. The van der Waals surface area contributed by atoms with Crippen molar-refractivity contribution in [3.8, 4) is 0 Å². The van der Waals surface area contributed by atoms with Gasteiger partial charge in [0.15, 0.2) is 0 Å². The molecular weight excluding hydrogens is 326 g/mol. The van der Waals surface area contributed by atoms with Crippen LogP contribution in [0.25, 0.3) is 10.8 Å². The summed E-state index contributed by atoms with van der Waals surface area (Å²) in [5.74, 6) is 0.291. The maximum Gasteiger partial charge on any atom is 0.275 e. The van der Waals surface area contributed by atoms with E-state index in [9.17, 15) is 9.59 Å². The van der Waals surface area contributed by atoms with E-state index in [4.69, 9.17) is 0 Å². The maximum atomic E-state index is 12.6. The minimum atomic E-state index is -0.232. The van der Waals surface area contributed by atoms with E-state index in [1.807, 2.05) is 55.5 Å². The monoisotopic (exact) mass is 347 g/mol. The number of nitrogens with zero attached hydrogens (tertiary/aromatic N) is 2. The number of benzene rings is 2. The van der Waals surface area contributed by atoms with Crippen molar-refractivity contribution in [2.24, 2.45) is 5.92 Å². The zero-order valence-corrected chi connectivity index (χ0v) is 14.7. The first-order chi connectivity index (χ1) is 12.6. The van der Waals surface area contributed by atoms with Crippen LogP contribution in [0.3, 0.4) is 0 Å². The minimum Gasteiger partial charge on any atom is -0.347 e. The molecule has 0 radical (unpaired) electrons. The van der Waals surface area contributed by atoms with Gasteiger partial charge in [0, 0.05) is 5.39 Å². The number of hydrogen-bond acceptors (Lipinski definition) is 3. The van der Waals surface area contributed by atoms with Crippen LogP contribution < -0.4 is 10.9 Å². The van der Waals surface area contributed by atoms with Crippen molar-refractivity contribution < 1.29 is 4.79 Å². The molecule has 132 valence electrons. The van der Waals surface area contributed by atoms with Gasteiger partial charge in [0.25, 0.3) is 5.56 Å². The van der Waals surface area contributed by atoms with Gasteiger partial charge in [-0.3, -0.25) is 9.59 Å². The summed E-state index contributed by atoms with van der Waals surface area (Å²) >= 11 is 0. The van der Waals surface area contributed by atoms with Gasteiger partial charge in [-0.1, -0.05) is 48.5 Å². The molecule has 1 amide bonds. The first-order valence-corrected chi connectivity index (χ1v) is 8.94. The SMILES string of the molecule is Cc1nn(CC(=O)N[C@H](c2ccccc2)C2CC2)c(=O)c2ccccc12. The van der Waals surface area contributed by atoms with Crippen molar-refractivity contribution in [3.05, 3.63) is 76.2 Å². The van der Waals surface area contributed by atoms with E-state index in [1.165, 1.54) is 4.68 Å². The molecule has 5 nitrogen and oxygen atoms in total. The summed E-state index contributed by atoms with van der Waals surface area (Å²) in [5.41, 5.74) is 1.62. The Kier molecular flexibility index (Phi) is 4.29. The fourth-order valence-corrected chi connectivity index (χ4v) is 3.43. The predicted octanol–water partition coefficient (Wildman–Crippen LogP) is 2.97. The predicted molar refractivity (Wildman–Crippen MR) is 101 cm³/mol. The number of rotatable bonds is 5. The van der Waals surface area contributed by atoms with E-state index < -0.39 is 0 Å². The molecule has 0 unspecified atom stereocenters. The summed E-state index contributed by atoms with van der Waals surface area (Å²) in [4.78, 5) is 25.3. The van der Waals surface area contributed by atoms with Crippen molar-refractivity contribution in [2.75, 3.05) is 0 Å². The number of fused-ring (bicyclic) bond motifs is 1. The highest BCUT2D eigenvalue weighted by molar-refractivity contribution is 5.83. The summed E-state index contributed by atoms with van der Waals surface area (Å²) in [6.07, 6.45) is 2.24. The molecule has 0 bridgehead atoms. The van der Waals surface area contributed by atoms with Gasteiger partial charge in [0.05, 0.1) is 17.1 Å². The zero-order chi connectivity index (χ0) is 18.1. The first kappa shape index (κ1) is 16.5. The van der Waals surface area contributed by atoms with Gasteiger partial charge >= 0.3 is 0 Å². The van der Waals surface area contributed by atoms with Crippen molar-refractivity contribution in [3.63, 3.8) is 0 Å². The molecule has 1 atom stereocenters. The van der Waals surface area contributed by atoms with Crippen LogP contribution in [-0.4, -0.2) is 15.7 Å². The van der Waals surface area contributed by atoms with Crippen molar-refractivity contribution in [1.82, 2.24) is 15.1 Å². The van der Waals surface area contributed by atoms with Crippen LogP contribution in [0.15, 0.2) is 59.4 Å². The van der Waals surface area contributed by atoms with Crippen LogP contribution in [0.2, 0.25) is 0 Å². The lowest BCUT2D eigenvalue weighted by molar-refractivity contribution is -0.122. The molecule has 1 aliphatic rings. The van der Waals surface area contributed by atoms with Crippen molar-refractivity contribution in [1.29, 1.82) is 0 Å². The fraction of sp³-hybridized carbons (Fsp3) is 0.286. The van der Waals surface area contributed by atoms with E-state index in [-0.39, 0.29) is 24.1 Å².